The van der Waals surface area contributed by atoms with Crippen LogP contribution in [-0.4, -0.2) is 20.6 Å². The first kappa shape index (κ1) is 16.3. The number of rotatable bonds is 5. The molecule has 7 heteroatoms. The SMILES string of the molecule is CS(=O)(=O)Nc1ccccc1C(=O)NCc1ccc(Cl)cc1. The van der Waals surface area contributed by atoms with Crippen LogP contribution in [0.4, 0.5) is 5.69 Å². The van der Waals surface area contributed by atoms with Crippen LogP contribution in [0.5, 0.6) is 0 Å². The highest BCUT2D eigenvalue weighted by Crippen LogP contribution is 2.16. The van der Waals surface area contributed by atoms with Crippen molar-refractivity contribution < 1.29 is 13.2 Å². The maximum atomic E-state index is 12.2. The van der Waals surface area contributed by atoms with E-state index in [1.165, 1.54) is 6.07 Å². The van der Waals surface area contributed by atoms with Gasteiger partial charge in [0, 0.05) is 11.6 Å². The van der Waals surface area contributed by atoms with Crippen molar-refractivity contribution in [3.63, 3.8) is 0 Å². The van der Waals surface area contributed by atoms with Gasteiger partial charge in [-0.05, 0) is 29.8 Å². The topological polar surface area (TPSA) is 75.3 Å². The number of nitrogens with one attached hydrogen (secondary N) is 2. The summed E-state index contributed by atoms with van der Waals surface area (Å²) in [5, 5.41) is 3.37. The fraction of sp³-hybridized carbons (Fsp3) is 0.133. The van der Waals surface area contributed by atoms with Crippen LogP contribution in [0.1, 0.15) is 15.9 Å². The van der Waals surface area contributed by atoms with Gasteiger partial charge in [-0.3, -0.25) is 9.52 Å². The van der Waals surface area contributed by atoms with E-state index in [9.17, 15) is 13.2 Å². The average Bonchev–Trinajstić information content (AvgIpc) is 2.45. The van der Waals surface area contributed by atoms with Crippen LogP contribution in [0.25, 0.3) is 0 Å². The summed E-state index contributed by atoms with van der Waals surface area (Å²) in [6, 6.07) is 13.5. The van der Waals surface area contributed by atoms with Crippen LogP contribution in [-0.2, 0) is 16.6 Å². The lowest BCUT2D eigenvalue weighted by Gasteiger charge is -2.11. The molecule has 0 atom stereocenters. The quantitative estimate of drug-likeness (QED) is 0.880. The molecule has 1 amide bonds. The maximum Gasteiger partial charge on any atom is 0.253 e. The Labute approximate surface area is 134 Å². The van der Waals surface area contributed by atoms with Crippen LogP contribution in [0, 0.1) is 0 Å². The molecule has 116 valence electrons. The zero-order valence-electron chi connectivity index (χ0n) is 11.8. The van der Waals surface area contributed by atoms with Crippen molar-refractivity contribution in [3.05, 3.63) is 64.7 Å². The number of sulfonamides is 1. The van der Waals surface area contributed by atoms with Crippen molar-refractivity contribution in [2.45, 2.75) is 6.54 Å². The average molecular weight is 339 g/mol. The molecule has 0 unspecified atom stereocenters. The van der Waals surface area contributed by atoms with Crippen LogP contribution >= 0.6 is 11.6 Å². The highest BCUT2D eigenvalue weighted by molar-refractivity contribution is 7.92. The van der Waals surface area contributed by atoms with Gasteiger partial charge >= 0.3 is 0 Å². The number of hydrogen-bond donors (Lipinski definition) is 2. The Morgan fingerprint density at radius 2 is 1.73 bits per heavy atom. The molecule has 2 aromatic carbocycles. The van der Waals surface area contributed by atoms with Crippen molar-refractivity contribution in [3.8, 4) is 0 Å². The first-order valence-corrected chi connectivity index (χ1v) is 8.71. The van der Waals surface area contributed by atoms with E-state index in [2.05, 4.69) is 10.0 Å². The van der Waals surface area contributed by atoms with Crippen molar-refractivity contribution in [2.75, 3.05) is 11.0 Å². The molecule has 0 aliphatic heterocycles. The summed E-state index contributed by atoms with van der Waals surface area (Å²) in [5.41, 5.74) is 1.41. The summed E-state index contributed by atoms with van der Waals surface area (Å²) >= 11 is 5.80. The Kier molecular flexibility index (Phi) is 5.05. The van der Waals surface area contributed by atoms with Crippen molar-refractivity contribution in [1.29, 1.82) is 0 Å². The van der Waals surface area contributed by atoms with Gasteiger partial charge in [0.25, 0.3) is 5.91 Å². The molecule has 0 radical (unpaired) electrons. The summed E-state index contributed by atoms with van der Waals surface area (Å²) in [4.78, 5) is 12.2. The first-order valence-electron chi connectivity index (χ1n) is 6.44. The van der Waals surface area contributed by atoms with Gasteiger partial charge in [0.2, 0.25) is 10.0 Å². The Bertz CT molecular complexity index is 774. The molecule has 2 N–H and O–H groups in total. The predicted molar refractivity (Wildman–Crippen MR) is 87.5 cm³/mol. The van der Waals surface area contributed by atoms with Gasteiger partial charge < -0.3 is 5.32 Å². The maximum absolute atomic E-state index is 12.2. The molecule has 0 saturated heterocycles. The standard InChI is InChI=1S/C15H15ClN2O3S/c1-22(20,21)18-14-5-3-2-4-13(14)15(19)17-10-11-6-8-12(16)9-7-11/h2-9,18H,10H2,1H3,(H,17,19). The van der Waals surface area contributed by atoms with Crippen LogP contribution in [0.2, 0.25) is 5.02 Å². The Hall–Kier alpha value is -2.05. The van der Waals surface area contributed by atoms with Gasteiger partial charge in [0.15, 0.2) is 0 Å². The molecule has 0 saturated carbocycles. The minimum Gasteiger partial charge on any atom is -0.348 e. The number of halogens is 1. The minimum absolute atomic E-state index is 0.249. The molecule has 0 aliphatic rings. The minimum atomic E-state index is -3.45. The lowest BCUT2D eigenvalue weighted by Crippen LogP contribution is -2.24. The second kappa shape index (κ2) is 6.81. The predicted octanol–water partition coefficient (Wildman–Crippen LogP) is 2.64. The molecule has 22 heavy (non-hydrogen) atoms. The van der Waals surface area contributed by atoms with Gasteiger partial charge in [-0.15, -0.1) is 0 Å². The molecule has 0 fully saturated rings. The Morgan fingerprint density at radius 3 is 2.36 bits per heavy atom. The summed E-state index contributed by atoms with van der Waals surface area (Å²) in [5.74, 6) is -0.360. The third kappa shape index (κ3) is 4.75. The fourth-order valence-electron chi connectivity index (χ4n) is 1.85. The van der Waals surface area contributed by atoms with Gasteiger partial charge in [-0.2, -0.15) is 0 Å². The number of hydrogen-bond acceptors (Lipinski definition) is 3. The molecule has 2 rings (SSSR count). The molecule has 2 aromatic rings. The van der Waals surface area contributed by atoms with Crippen molar-refractivity contribution in [2.24, 2.45) is 0 Å². The van der Waals surface area contributed by atoms with E-state index in [1.807, 2.05) is 12.1 Å². The van der Waals surface area contributed by atoms with Gasteiger partial charge in [-0.1, -0.05) is 35.9 Å². The first-order chi connectivity index (χ1) is 10.3. The fourth-order valence-corrected chi connectivity index (χ4v) is 2.55. The highest BCUT2D eigenvalue weighted by Gasteiger charge is 2.13. The molecule has 0 heterocycles. The Morgan fingerprint density at radius 1 is 1.09 bits per heavy atom. The molecule has 5 nitrogen and oxygen atoms in total. The lowest BCUT2D eigenvalue weighted by molar-refractivity contribution is 0.0952. The molecule has 0 bridgehead atoms. The van der Waals surface area contributed by atoms with E-state index in [-0.39, 0.29) is 17.2 Å². The Balaban J connectivity index is 2.11. The van der Waals surface area contributed by atoms with Gasteiger partial charge in [-0.25, -0.2) is 8.42 Å². The third-order valence-electron chi connectivity index (χ3n) is 2.83. The largest absolute Gasteiger partial charge is 0.348 e. The zero-order chi connectivity index (χ0) is 16.2. The lowest BCUT2D eigenvalue weighted by atomic mass is 10.1. The van der Waals surface area contributed by atoms with E-state index in [0.717, 1.165) is 11.8 Å². The van der Waals surface area contributed by atoms with Crippen LogP contribution in [0.3, 0.4) is 0 Å². The number of benzene rings is 2. The second-order valence-corrected chi connectivity index (χ2v) is 6.91. The molecule has 0 aliphatic carbocycles. The summed E-state index contributed by atoms with van der Waals surface area (Å²) in [6.07, 6.45) is 1.04. The number of anilines is 1. The number of carbonyl (C=O) groups is 1. The monoisotopic (exact) mass is 338 g/mol. The molecular formula is C15H15ClN2O3S. The highest BCUT2D eigenvalue weighted by atomic mass is 35.5. The van der Waals surface area contributed by atoms with E-state index in [1.54, 1.807) is 30.3 Å². The summed E-state index contributed by atoms with van der Waals surface area (Å²) in [6.45, 7) is 0.323. The number of carbonyl (C=O) groups excluding carboxylic acids is 1. The zero-order valence-corrected chi connectivity index (χ0v) is 13.4. The molecule has 0 spiro atoms. The van der Waals surface area contributed by atoms with E-state index < -0.39 is 10.0 Å². The summed E-state index contributed by atoms with van der Waals surface area (Å²) < 4.78 is 25.0. The van der Waals surface area contributed by atoms with Crippen molar-refractivity contribution in [1.82, 2.24) is 5.32 Å². The van der Waals surface area contributed by atoms with Crippen LogP contribution < -0.4 is 10.0 Å². The number of amides is 1. The molecular weight excluding hydrogens is 324 g/mol. The normalized spacial score (nSPS) is 11.0. The molecule has 0 aromatic heterocycles. The van der Waals surface area contributed by atoms with Gasteiger partial charge in [0.1, 0.15) is 0 Å². The third-order valence-corrected chi connectivity index (χ3v) is 3.68. The van der Waals surface area contributed by atoms with Crippen LogP contribution in [0.15, 0.2) is 48.5 Å². The second-order valence-electron chi connectivity index (χ2n) is 4.73. The van der Waals surface area contributed by atoms with E-state index in [4.69, 9.17) is 11.6 Å². The smallest absolute Gasteiger partial charge is 0.253 e. The van der Waals surface area contributed by atoms with E-state index >= 15 is 0 Å². The summed E-state index contributed by atoms with van der Waals surface area (Å²) in [7, 11) is -3.45. The van der Waals surface area contributed by atoms with Crippen molar-refractivity contribution >= 4 is 33.2 Å². The van der Waals surface area contributed by atoms with Gasteiger partial charge in [0.05, 0.1) is 17.5 Å². The number of para-hydroxylation sites is 1. The van der Waals surface area contributed by atoms with E-state index in [0.29, 0.717) is 11.6 Å².